The number of rotatable bonds is 4. The van der Waals surface area contributed by atoms with E-state index in [1.54, 1.807) is 7.11 Å². The molecule has 0 heterocycles. The number of hydrogen-bond acceptors (Lipinski definition) is 2. The van der Waals surface area contributed by atoms with Crippen molar-refractivity contribution in [3.8, 4) is 5.75 Å². The van der Waals surface area contributed by atoms with Crippen molar-refractivity contribution in [2.24, 2.45) is 17.8 Å². The first-order valence-electron chi connectivity index (χ1n) is 8.13. The molecule has 0 unspecified atom stereocenters. The summed E-state index contributed by atoms with van der Waals surface area (Å²) in [7, 11) is 1.74. The van der Waals surface area contributed by atoms with Crippen molar-refractivity contribution in [1.29, 1.82) is 0 Å². The standard InChI is InChI=1S/C18H25NO.ClH/c1-20-17-4-2-3-13(8-17)12-19-18-9-14-5-15(10-18)7-16(6-14)11-18;/h2-4,8,14-16,19H,5-7,9-12H2,1H3;1H/p-1. The predicted molar refractivity (Wildman–Crippen MR) is 80.7 cm³/mol. The van der Waals surface area contributed by atoms with Crippen LogP contribution in [-0.4, -0.2) is 12.6 Å². The van der Waals surface area contributed by atoms with E-state index in [-0.39, 0.29) is 12.4 Å². The fourth-order valence-corrected chi connectivity index (χ4v) is 5.40. The van der Waals surface area contributed by atoms with Gasteiger partial charge in [0.25, 0.3) is 0 Å². The van der Waals surface area contributed by atoms with Gasteiger partial charge in [0.1, 0.15) is 5.75 Å². The first-order chi connectivity index (χ1) is 9.75. The molecule has 1 aromatic carbocycles. The van der Waals surface area contributed by atoms with Crippen molar-refractivity contribution in [1.82, 2.24) is 5.32 Å². The summed E-state index contributed by atoms with van der Waals surface area (Å²) in [6.07, 6.45) is 8.80. The monoisotopic (exact) mass is 306 g/mol. The number of halogens is 1. The first kappa shape index (κ1) is 15.2. The Kier molecular flexibility index (Phi) is 4.20. The maximum atomic E-state index is 5.32. The third kappa shape index (κ3) is 2.93. The summed E-state index contributed by atoms with van der Waals surface area (Å²) in [6, 6.07) is 8.48. The van der Waals surface area contributed by atoms with Gasteiger partial charge in [-0.3, -0.25) is 0 Å². The van der Waals surface area contributed by atoms with Crippen LogP contribution < -0.4 is 22.5 Å². The van der Waals surface area contributed by atoms with Crippen LogP contribution in [0.3, 0.4) is 0 Å². The van der Waals surface area contributed by atoms with E-state index < -0.39 is 0 Å². The van der Waals surface area contributed by atoms with Gasteiger partial charge < -0.3 is 22.5 Å². The number of ether oxygens (including phenoxy) is 1. The molecular weight excluding hydrogens is 282 g/mol. The average Bonchev–Trinajstić information content (AvgIpc) is 2.44. The lowest BCUT2D eigenvalue weighted by molar-refractivity contribution is -0.0206. The Balaban J connectivity index is 0.00000132. The molecule has 0 amide bonds. The minimum absolute atomic E-state index is 0. The minimum atomic E-state index is 0. The first-order valence-corrected chi connectivity index (χ1v) is 8.13. The molecule has 4 saturated carbocycles. The lowest BCUT2D eigenvalue weighted by atomic mass is 9.53. The summed E-state index contributed by atoms with van der Waals surface area (Å²) < 4.78 is 5.32. The van der Waals surface area contributed by atoms with Gasteiger partial charge in [0, 0.05) is 12.1 Å². The van der Waals surface area contributed by atoms with E-state index in [9.17, 15) is 0 Å². The van der Waals surface area contributed by atoms with E-state index in [2.05, 4.69) is 23.5 Å². The highest BCUT2D eigenvalue weighted by molar-refractivity contribution is 5.28. The maximum Gasteiger partial charge on any atom is 0.119 e. The highest BCUT2D eigenvalue weighted by Crippen LogP contribution is 2.55. The van der Waals surface area contributed by atoms with Crippen LogP contribution in [0.25, 0.3) is 0 Å². The van der Waals surface area contributed by atoms with Crippen LogP contribution in [0, 0.1) is 17.8 Å². The molecule has 0 atom stereocenters. The smallest absolute Gasteiger partial charge is 0.119 e. The molecule has 0 aliphatic heterocycles. The van der Waals surface area contributed by atoms with Gasteiger partial charge in [0.15, 0.2) is 0 Å². The molecule has 0 radical (unpaired) electrons. The molecule has 0 aromatic heterocycles. The summed E-state index contributed by atoms with van der Waals surface area (Å²) >= 11 is 0. The highest BCUT2D eigenvalue weighted by atomic mass is 35.5. The van der Waals surface area contributed by atoms with E-state index >= 15 is 0 Å². The van der Waals surface area contributed by atoms with Gasteiger partial charge in [0.05, 0.1) is 7.11 Å². The van der Waals surface area contributed by atoms with Crippen LogP contribution in [0.4, 0.5) is 0 Å². The fourth-order valence-electron chi connectivity index (χ4n) is 5.40. The largest absolute Gasteiger partial charge is 1.00 e. The van der Waals surface area contributed by atoms with Gasteiger partial charge in [-0.15, -0.1) is 0 Å². The van der Waals surface area contributed by atoms with E-state index in [0.717, 1.165) is 30.0 Å². The third-order valence-corrected chi connectivity index (χ3v) is 5.84. The zero-order valence-electron chi connectivity index (χ0n) is 12.8. The van der Waals surface area contributed by atoms with Crippen molar-refractivity contribution in [2.75, 3.05) is 7.11 Å². The quantitative estimate of drug-likeness (QED) is 0.887. The normalized spacial score (nSPS) is 36.3. The lowest BCUT2D eigenvalue weighted by Gasteiger charge is -2.57. The molecule has 4 bridgehead atoms. The van der Waals surface area contributed by atoms with Crippen molar-refractivity contribution in [2.45, 2.75) is 50.6 Å². The van der Waals surface area contributed by atoms with Crippen molar-refractivity contribution >= 4 is 0 Å². The molecular formula is C18H25ClNO-. The van der Waals surface area contributed by atoms with Gasteiger partial charge in [-0.25, -0.2) is 0 Å². The Hall–Kier alpha value is -0.730. The summed E-state index contributed by atoms with van der Waals surface area (Å²) in [5.41, 5.74) is 1.80. The topological polar surface area (TPSA) is 21.3 Å². The number of benzene rings is 1. The van der Waals surface area contributed by atoms with E-state index in [1.807, 2.05) is 6.07 Å². The zero-order chi connectivity index (χ0) is 13.6. The molecule has 2 nitrogen and oxygen atoms in total. The average molecular weight is 307 g/mol. The van der Waals surface area contributed by atoms with Crippen LogP contribution >= 0.6 is 0 Å². The SMILES string of the molecule is COc1cccc(CNC23CC4CC(CC(C4)C2)C3)c1.[Cl-]. The van der Waals surface area contributed by atoms with Gasteiger partial charge >= 0.3 is 0 Å². The molecule has 4 aliphatic rings. The fraction of sp³-hybridized carbons (Fsp3) is 0.667. The Morgan fingerprint density at radius 1 is 1.10 bits per heavy atom. The van der Waals surface area contributed by atoms with E-state index in [0.29, 0.717) is 5.54 Å². The van der Waals surface area contributed by atoms with Crippen molar-refractivity contribution in [3.05, 3.63) is 29.8 Å². The van der Waals surface area contributed by atoms with E-state index in [4.69, 9.17) is 4.74 Å². The van der Waals surface area contributed by atoms with Crippen LogP contribution in [-0.2, 0) is 6.54 Å². The van der Waals surface area contributed by atoms with Crippen LogP contribution in [0.2, 0.25) is 0 Å². The summed E-state index contributed by atoms with van der Waals surface area (Å²) in [6.45, 7) is 0.989. The zero-order valence-corrected chi connectivity index (χ0v) is 13.5. The number of hydrogen-bond donors (Lipinski definition) is 1. The molecule has 1 aromatic rings. The second-order valence-corrected chi connectivity index (χ2v) is 7.40. The van der Waals surface area contributed by atoms with Gasteiger partial charge in [-0.05, 0) is 74.0 Å². The molecule has 116 valence electrons. The van der Waals surface area contributed by atoms with Crippen molar-refractivity contribution in [3.63, 3.8) is 0 Å². The molecule has 4 fully saturated rings. The Morgan fingerprint density at radius 3 is 2.29 bits per heavy atom. The molecule has 4 aliphatic carbocycles. The minimum Gasteiger partial charge on any atom is -1.00 e. The summed E-state index contributed by atoms with van der Waals surface area (Å²) in [5.74, 6) is 4.01. The molecule has 1 N–H and O–H groups in total. The van der Waals surface area contributed by atoms with Gasteiger partial charge in [-0.1, -0.05) is 12.1 Å². The summed E-state index contributed by atoms with van der Waals surface area (Å²) in [4.78, 5) is 0. The number of methoxy groups -OCH3 is 1. The Bertz CT molecular complexity index is 466. The van der Waals surface area contributed by atoms with Gasteiger partial charge in [0.2, 0.25) is 0 Å². The van der Waals surface area contributed by atoms with Crippen LogP contribution in [0.1, 0.15) is 44.1 Å². The third-order valence-electron chi connectivity index (χ3n) is 5.84. The molecule has 21 heavy (non-hydrogen) atoms. The Labute approximate surface area is 134 Å². The van der Waals surface area contributed by atoms with Crippen molar-refractivity contribution < 1.29 is 17.1 Å². The Morgan fingerprint density at radius 2 is 1.71 bits per heavy atom. The summed E-state index contributed by atoms with van der Waals surface area (Å²) in [5, 5.41) is 3.94. The second kappa shape index (κ2) is 5.81. The van der Waals surface area contributed by atoms with Crippen LogP contribution in [0.5, 0.6) is 5.75 Å². The van der Waals surface area contributed by atoms with E-state index in [1.165, 1.54) is 44.1 Å². The molecule has 0 saturated heterocycles. The van der Waals surface area contributed by atoms with Crippen LogP contribution in [0.15, 0.2) is 24.3 Å². The lowest BCUT2D eigenvalue weighted by Crippen LogP contribution is -3.00. The second-order valence-electron chi connectivity index (χ2n) is 7.40. The molecule has 0 spiro atoms. The predicted octanol–water partition coefficient (Wildman–Crippen LogP) is 0.758. The molecule has 3 heteroatoms. The maximum absolute atomic E-state index is 5.32. The molecule has 5 rings (SSSR count). The highest BCUT2D eigenvalue weighted by Gasteiger charge is 2.50. The number of nitrogens with one attached hydrogen (secondary N) is 1. The van der Waals surface area contributed by atoms with Gasteiger partial charge in [-0.2, -0.15) is 0 Å².